The predicted octanol–water partition coefficient (Wildman–Crippen LogP) is 2.84. The van der Waals surface area contributed by atoms with E-state index in [0.717, 1.165) is 0 Å². The summed E-state index contributed by atoms with van der Waals surface area (Å²) in [6, 6.07) is 6.59. The topological polar surface area (TPSA) is 52.0 Å². The van der Waals surface area contributed by atoms with Crippen LogP contribution in [0.4, 0.5) is 0 Å². The standard InChI is InChI=1S/C14H13ClN2O2/c1-9-12(8-17(2)16-9)14(19)7-13(18)10-4-3-5-11(15)6-10/h3-6,8H,7H2,1-2H3. The zero-order valence-corrected chi connectivity index (χ0v) is 11.4. The van der Waals surface area contributed by atoms with E-state index in [1.54, 1.807) is 49.1 Å². The molecule has 0 aliphatic carbocycles. The summed E-state index contributed by atoms with van der Waals surface area (Å²) < 4.78 is 1.56. The molecule has 0 atom stereocenters. The first kappa shape index (κ1) is 13.5. The van der Waals surface area contributed by atoms with Crippen molar-refractivity contribution in [2.24, 2.45) is 7.05 Å². The molecule has 1 aromatic carbocycles. The largest absolute Gasteiger partial charge is 0.294 e. The van der Waals surface area contributed by atoms with Gasteiger partial charge in [0, 0.05) is 23.8 Å². The van der Waals surface area contributed by atoms with E-state index in [0.29, 0.717) is 21.8 Å². The fourth-order valence-corrected chi connectivity index (χ4v) is 2.07. The van der Waals surface area contributed by atoms with Crippen LogP contribution in [-0.2, 0) is 7.05 Å². The third-order valence-corrected chi connectivity index (χ3v) is 3.02. The predicted molar refractivity (Wildman–Crippen MR) is 72.7 cm³/mol. The third-order valence-electron chi connectivity index (χ3n) is 2.78. The van der Waals surface area contributed by atoms with Crippen LogP contribution >= 0.6 is 11.6 Å². The van der Waals surface area contributed by atoms with Gasteiger partial charge in [-0.05, 0) is 19.1 Å². The number of carbonyl (C=O) groups excluding carboxylic acids is 2. The summed E-state index contributed by atoms with van der Waals surface area (Å²) in [7, 11) is 1.74. The lowest BCUT2D eigenvalue weighted by Crippen LogP contribution is -2.09. The van der Waals surface area contributed by atoms with Crippen LogP contribution in [-0.4, -0.2) is 21.3 Å². The van der Waals surface area contributed by atoms with Gasteiger partial charge in [-0.15, -0.1) is 0 Å². The maximum atomic E-state index is 12.0. The molecule has 0 unspecified atom stereocenters. The highest BCUT2D eigenvalue weighted by Gasteiger charge is 2.17. The van der Waals surface area contributed by atoms with Gasteiger partial charge in [0.15, 0.2) is 11.6 Å². The molecule has 1 heterocycles. The Morgan fingerprint density at radius 2 is 2.05 bits per heavy atom. The van der Waals surface area contributed by atoms with Gasteiger partial charge in [-0.2, -0.15) is 5.10 Å². The van der Waals surface area contributed by atoms with Gasteiger partial charge in [0.25, 0.3) is 0 Å². The van der Waals surface area contributed by atoms with Crippen molar-refractivity contribution in [1.82, 2.24) is 9.78 Å². The third kappa shape index (κ3) is 3.09. The zero-order chi connectivity index (χ0) is 14.0. The summed E-state index contributed by atoms with van der Waals surface area (Å²) in [6.07, 6.45) is 1.45. The van der Waals surface area contributed by atoms with Crippen molar-refractivity contribution in [2.45, 2.75) is 13.3 Å². The Morgan fingerprint density at radius 1 is 1.32 bits per heavy atom. The van der Waals surface area contributed by atoms with Crippen LogP contribution in [0.1, 0.15) is 32.8 Å². The zero-order valence-electron chi connectivity index (χ0n) is 10.7. The van der Waals surface area contributed by atoms with E-state index >= 15 is 0 Å². The lowest BCUT2D eigenvalue weighted by molar-refractivity contribution is 0.0894. The number of carbonyl (C=O) groups is 2. The molecule has 0 amide bonds. The Hall–Kier alpha value is -1.94. The number of Topliss-reactive ketones (excluding diaryl/α,β-unsaturated/α-hetero) is 2. The second-order valence-electron chi connectivity index (χ2n) is 4.34. The smallest absolute Gasteiger partial charge is 0.174 e. The van der Waals surface area contributed by atoms with Crippen LogP contribution < -0.4 is 0 Å². The van der Waals surface area contributed by atoms with Crippen molar-refractivity contribution in [3.05, 3.63) is 52.3 Å². The number of aryl methyl sites for hydroxylation is 2. The van der Waals surface area contributed by atoms with Gasteiger partial charge in [0.1, 0.15) is 0 Å². The first-order valence-corrected chi connectivity index (χ1v) is 6.17. The summed E-state index contributed by atoms with van der Waals surface area (Å²) in [5, 5.41) is 4.57. The van der Waals surface area contributed by atoms with Crippen LogP contribution in [0.5, 0.6) is 0 Å². The van der Waals surface area contributed by atoms with Crippen LogP contribution in [0.25, 0.3) is 0 Å². The minimum absolute atomic E-state index is 0.174. The Balaban J connectivity index is 2.15. The van der Waals surface area contributed by atoms with Crippen molar-refractivity contribution < 1.29 is 9.59 Å². The van der Waals surface area contributed by atoms with Crippen LogP contribution in [0.2, 0.25) is 5.02 Å². The summed E-state index contributed by atoms with van der Waals surface area (Å²) in [6.45, 7) is 1.75. The van der Waals surface area contributed by atoms with Gasteiger partial charge in [-0.25, -0.2) is 0 Å². The van der Waals surface area contributed by atoms with Gasteiger partial charge in [0.05, 0.1) is 17.7 Å². The SMILES string of the molecule is Cc1nn(C)cc1C(=O)CC(=O)c1cccc(Cl)c1. The van der Waals surface area contributed by atoms with E-state index in [4.69, 9.17) is 11.6 Å². The van der Waals surface area contributed by atoms with Gasteiger partial charge >= 0.3 is 0 Å². The lowest BCUT2D eigenvalue weighted by Gasteiger charge is -2.01. The van der Waals surface area contributed by atoms with E-state index in [9.17, 15) is 9.59 Å². The van der Waals surface area contributed by atoms with E-state index < -0.39 is 0 Å². The molecular weight excluding hydrogens is 264 g/mol. The minimum Gasteiger partial charge on any atom is -0.294 e. The number of nitrogens with zero attached hydrogens (tertiary/aromatic N) is 2. The van der Waals surface area contributed by atoms with Gasteiger partial charge in [-0.1, -0.05) is 23.7 Å². The molecule has 5 heteroatoms. The highest BCUT2D eigenvalue weighted by Crippen LogP contribution is 2.15. The maximum Gasteiger partial charge on any atom is 0.174 e. The Morgan fingerprint density at radius 3 is 2.63 bits per heavy atom. The minimum atomic E-state index is -0.240. The van der Waals surface area contributed by atoms with E-state index in [-0.39, 0.29) is 18.0 Å². The molecule has 0 saturated heterocycles. The molecule has 98 valence electrons. The molecule has 0 spiro atoms. The maximum absolute atomic E-state index is 12.0. The molecule has 19 heavy (non-hydrogen) atoms. The molecule has 0 fully saturated rings. The average Bonchev–Trinajstić information content (AvgIpc) is 2.68. The molecule has 0 radical (unpaired) electrons. The second-order valence-corrected chi connectivity index (χ2v) is 4.77. The fraction of sp³-hybridized carbons (Fsp3) is 0.214. The van der Waals surface area contributed by atoms with Crippen molar-refractivity contribution in [3.8, 4) is 0 Å². The molecule has 0 saturated carbocycles. The van der Waals surface area contributed by atoms with E-state index in [2.05, 4.69) is 5.10 Å². The summed E-state index contributed by atoms with van der Waals surface area (Å²) >= 11 is 5.82. The average molecular weight is 277 g/mol. The molecular formula is C14H13ClN2O2. The Bertz CT molecular complexity index is 647. The normalized spacial score (nSPS) is 10.5. The lowest BCUT2D eigenvalue weighted by atomic mass is 10.0. The van der Waals surface area contributed by atoms with E-state index in [1.807, 2.05) is 0 Å². The van der Waals surface area contributed by atoms with Crippen molar-refractivity contribution in [1.29, 1.82) is 0 Å². The van der Waals surface area contributed by atoms with Crippen LogP contribution in [0, 0.1) is 6.92 Å². The first-order chi connectivity index (χ1) is 8.97. The first-order valence-electron chi connectivity index (χ1n) is 5.79. The number of hydrogen-bond donors (Lipinski definition) is 0. The molecule has 0 bridgehead atoms. The van der Waals surface area contributed by atoms with Crippen molar-refractivity contribution in [3.63, 3.8) is 0 Å². The number of ketones is 2. The van der Waals surface area contributed by atoms with Gasteiger partial charge < -0.3 is 0 Å². The molecule has 4 nitrogen and oxygen atoms in total. The highest BCUT2D eigenvalue weighted by atomic mass is 35.5. The number of aromatic nitrogens is 2. The monoisotopic (exact) mass is 276 g/mol. The molecule has 0 N–H and O–H groups in total. The number of hydrogen-bond acceptors (Lipinski definition) is 3. The Labute approximate surface area is 116 Å². The molecule has 2 rings (SSSR count). The van der Waals surface area contributed by atoms with Crippen LogP contribution in [0.15, 0.2) is 30.5 Å². The van der Waals surface area contributed by atoms with Gasteiger partial charge in [-0.3, -0.25) is 14.3 Å². The highest BCUT2D eigenvalue weighted by molar-refractivity contribution is 6.31. The quantitative estimate of drug-likeness (QED) is 0.637. The number of benzene rings is 1. The molecule has 0 aliphatic rings. The summed E-state index contributed by atoms with van der Waals surface area (Å²) in [4.78, 5) is 24.0. The molecule has 2 aromatic rings. The van der Waals surface area contributed by atoms with Crippen molar-refractivity contribution in [2.75, 3.05) is 0 Å². The summed E-state index contributed by atoms with van der Waals surface area (Å²) in [5.41, 5.74) is 1.56. The van der Waals surface area contributed by atoms with E-state index in [1.165, 1.54) is 0 Å². The number of rotatable bonds is 4. The summed E-state index contributed by atoms with van der Waals surface area (Å²) in [5.74, 6) is -0.466. The molecule has 1 aromatic heterocycles. The number of halogens is 1. The van der Waals surface area contributed by atoms with Crippen molar-refractivity contribution >= 4 is 23.2 Å². The molecule has 0 aliphatic heterocycles. The second kappa shape index (κ2) is 5.36. The fourth-order valence-electron chi connectivity index (χ4n) is 1.88. The Kier molecular flexibility index (Phi) is 3.81. The van der Waals surface area contributed by atoms with Crippen LogP contribution in [0.3, 0.4) is 0 Å². The van der Waals surface area contributed by atoms with Gasteiger partial charge in [0.2, 0.25) is 0 Å².